The van der Waals surface area contributed by atoms with E-state index in [9.17, 15) is 5.11 Å². The van der Waals surface area contributed by atoms with Crippen LogP contribution in [0, 0.1) is 12.3 Å². The first-order valence-electron chi connectivity index (χ1n) is 5.03. The molecule has 0 bridgehead atoms. The molecule has 0 amide bonds. The lowest BCUT2D eigenvalue weighted by Gasteiger charge is -2.30. The molecule has 2 heteroatoms. The molecule has 1 heterocycles. The van der Waals surface area contributed by atoms with E-state index in [2.05, 4.69) is 11.2 Å². The molecule has 2 atom stereocenters. The number of hydrogen-bond donors (Lipinski definition) is 2. The van der Waals surface area contributed by atoms with E-state index >= 15 is 0 Å². The third kappa shape index (κ3) is 3.80. The molecule has 1 rings (SSSR count). The summed E-state index contributed by atoms with van der Waals surface area (Å²) in [7, 11) is 0. The van der Waals surface area contributed by atoms with Crippen LogP contribution in [0.5, 0.6) is 0 Å². The fourth-order valence-corrected chi connectivity index (χ4v) is 1.92. The molecule has 0 aromatic rings. The SMILES string of the molecule is C#CCC(C)(O)CC1CCCCN1. The van der Waals surface area contributed by atoms with Crippen LogP contribution in [-0.2, 0) is 0 Å². The Hall–Kier alpha value is -0.520. The zero-order valence-electron chi connectivity index (χ0n) is 8.34. The van der Waals surface area contributed by atoms with Gasteiger partial charge < -0.3 is 10.4 Å². The lowest BCUT2D eigenvalue weighted by Crippen LogP contribution is -2.40. The number of piperidine rings is 1. The van der Waals surface area contributed by atoms with Crippen LogP contribution in [0.25, 0.3) is 0 Å². The first kappa shape index (κ1) is 10.6. The molecule has 0 spiro atoms. The molecule has 1 fully saturated rings. The van der Waals surface area contributed by atoms with E-state index in [0.29, 0.717) is 12.5 Å². The van der Waals surface area contributed by atoms with Gasteiger partial charge in [-0.1, -0.05) is 6.42 Å². The van der Waals surface area contributed by atoms with Gasteiger partial charge >= 0.3 is 0 Å². The van der Waals surface area contributed by atoms with Crippen molar-refractivity contribution in [2.75, 3.05) is 6.54 Å². The molecule has 0 aliphatic carbocycles. The van der Waals surface area contributed by atoms with Gasteiger partial charge in [0.05, 0.1) is 5.60 Å². The summed E-state index contributed by atoms with van der Waals surface area (Å²) in [4.78, 5) is 0. The zero-order valence-corrected chi connectivity index (χ0v) is 8.34. The average molecular weight is 181 g/mol. The summed E-state index contributed by atoms with van der Waals surface area (Å²) in [5.41, 5.74) is -0.691. The smallest absolute Gasteiger partial charge is 0.0743 e. The maximum absolute atomic E-state index is 9.88. The first-order chi connectivity index (χ1) is 6.14. The van der Waals surface area contributed by atoms with Crippen molar-refractivity contribution in [2.24, 2.45) is 0 Å². The van der Waals surface area contributed by atoms with E-state index in [-0.39, 0.29) is 0 Å². The summed E-state index contributed by atoms with van der Waals surface area (Å²) < 4.78 is 0. The van der Waals surface area contributed by atoms with Gasteiger partial charge in [0.25, 0.3) is 0 Å². The Balaban J connectivity index is 2.33. The van der Waals surface area contributed by atoms with E-state index in [4.69, 9.17) is 6.42 Å². The van der Waals surface area contributed by atoms with Crippen molar-refractivity contribution in [1.29, 1.82) is 0 Å². The van der Waals surface area contributed by atoms with Crippen molar-refractivity contribution in [1.82, 2.24) is 5.32 Å². The van der Waals surface area contributed by atoms with Gasteiger partial charge in [-0.2, -0.15) is 0 Å². The Kier molecular flexibility index (Phi) is 3.77. The normalized spacial score (nSPS) is 27.6. The predicted octanol–water partition coefficient (Wildman–Crippen LogP) is 1.29. The summed E-state index contributed by atoms with van der Waals surface area (Å²) in [6.07, 6.45) is 10.1. The van der Waals surface area contributed by atoms with Crippen LogP contribution in [0.15, 0.2) is 0 Å². The minimum absolute atomic E-state index is 0.450. The lowest BCUT2D eigenvalue weighted by atomic mass is 9.90. The number of aliphatic hydroxyl groups is 1. The molecule has 13 heavy (non-hydrogen) atoms. The average Bonchev–Trinajstić information content (AvgIpc) is 2.04. The minimum Gasteiger partial charge on any atom is -0.389 e. The third-order valence-corrected chi connectivity index (χ3v) is 2.58. The number of terminal acetylenes is 1. The summed E-state index contributed by atoms with van der Waals surface area (Å²) in [6.45, 7) is 2.90. The molecule has 0 aromatic heterocycles. The molecule has 0 saturated carbocycles. The van der Waals surface area contributed by atoms with E-state index in [1.54, 1.807) is 0 Å². The fourth-order valence-electron chi connectivity index (χ4n) is 1.92. The summed E-state index contributed by atoms with van der Waals surface area (Å²) >= 11 is 0. The van der Waals surface area contributed by atoms with Crippen molar-refractivity contribution in [3.8, 4) is 12.3 Å². The van der Waals surface area contributed by atoms with Crippen LogP contribution in [-0.4, -0.2) is 23.3 Å². The molecule has 1 aliphatic heterocycles. The highest BCUT2D eigenvalue weighted by molar-refractivity contribution is 4.95. The van der Waals surface area contributed by atoms with Gasteiger partial charge in [-0.25, -0.2) is 0 Å². The van der Waals surface area contributed by atoms with Gasteiger partial charge in [0, 0.05) is 12.5 Å². The van der Waals surface area contributed by atoms with Crippen molar-refractivity contribution in [3.05, 3.63) is 0 Å². The molecule has 1 saturated heterocycles. The van der Waals surface area contributed by atoms with Crippen LogP contribution in [0.1, 0.15) is 39.0 Å². The zero-order chi connectivity index (χ0) is 9.73. The molecule has 74 valence electrons. The highest BCUT2D eigenvalue weighted by atomic mass is 16.3. The Morgan fingerprint density at radius 2 is 2.38 bits per heavy atom. The minimum atomic E-state index is -0.691. The quantitative estimate of drug-likeness (QED) is 0.643. The summed E-state index contributed by atoms with van der Waals surface area (Å²) in [5, 5.41) is 13.3. The highest BCUT2D eigenvalue weighted by Crippen LogP contribution is 2.20. The van der Waals surface area contributed by atoms with Crippen molar-refractivity contribution in [2.45, 2.75) is 50.7 Å². The van der Waals surface area contributed by atoms with Gasteiger partial charge in [0.15, 0.2) is 0 Å². The molecule has 0 radical (unpaired) electrons. The van der Waals surface area contributed by atoms with Gasteiger partial charge in [0.1, 0.15) is 0 Å². The molecule has 2 nitrogen and oxygen atoms in total. The molecular weight excluding hydrogens is 162 g/mol. The van der Waals surface area contributed by atoms with Crippen molar-refractivity contribution < 1.29 is 5.11 Å². The standard InChI is InChI=1S/C11H19NO/c1-3-7-11(2,13)9-10-6-4-5-8-12-10/h1,10,12-13H,4-9H2,2H3. The van der Waals surface area contributed by atoms with Gasteiger partial charge in [0.2, 0.25) is 0 Å². The van der Waals surface area contributed by atoms with E-state index in [0.717, 1.165) is 13.0 Å². The second-order valence-electron chi connectivity index (χ2n) is 4.23. The van der Waals surface area contributed by atoms with E-state index < -0.39 is 5.60 Å². The van der Waals surface area contributed by atoms with Gasteiger partial charge in [-0.3, -0.25) is 0 Å². The summed E-state index contributed by atoms with van der Waals surface area (Å²) in [6, 6.07) is 0.456. The Morgan fingerprint density at radius 3 is 2.92 bits per heavy atom. The topological polar surface area (TPSA) is 32.3 Å². The third-order valence-electron chi connectivity index (χ3n) is 2.58. The van der Waals surface area contributed by atoms with Crippen LogP contribution in [0.3, 0.4) is 0 Å². The number of rotatable bonds is 3. The van der Waals surface area contributed by atoms with Crippen LogP contribution in [0.4, 0.5) is 0 Å². The van der Waals surface area contributed by atoms with Crippen LogP contribution >= 0.6 is 0 Å². The monoisotopic (exact) mass is 181 g/mol. The summed E-state index contributed by atoms with van der Waals surface area (Å²) in [5.74, 6) is 2.52. The predicted molar refractivity (Wildman–Crippen MR) is 54.3 cm³/mol. The van der Waals surface area contributed by atoms with Crippen molar-refractivity contribution >= 4 is 0 Å². The second kappa shape index (κ2) is 4.64. The van der Waals surface area contributed by atoms with Gasteiger partial charge in [-0.05, 0) is 32.7 Å². The molecule has 2 N–H and O–H groups in total. The van der Waals surface area contributed by atoms with E-state index in [1.807, 2.05) is 6.92 Å². The molecule has 2 unspecified atom stereocenters. The largest absolute Gasteiger partial charge is 0.389 e. The van der Waals surface area contributed by atoms with Crippen LogP contribution < -0.4 is 5.32 Å². The second-order valence-corrected chi connectivity index (χ2v) is 4.23. The Bertz CT molecular complexity index is 187. The number of hydrogen-bond acceptors (Lipinski definition) is 2. The number of nitrogens with one attached hydrogen (secondary N) is 1. The fraction of sp³-hybridized carbons (Fsp3) is 0.818. The molecule has 0 aromatic carbocycles. The maximum Gasteiger partial charge on any atom is 0.0743 e. The highest BCUT2D eigenvalue weighted by Gasteiger charge is 2.25. The molecular formula is C11H19NO. The first-order valence-corrected chi connectivity index (χ1v) is 5.03. The van der Waals surface area contributed by atoms with Gasteiger partial charge in [-0.15, -0.1) is 12.3 Å². The maximum atomic E-state index is 9.88. The van der Waals surface area contributed by atoms with E-state index in [1.165, 1.54) is 19.3 Å². The van der Waals surface area contributed by atoms with Crippen molar-refractivity contribution in [3.63, 3.8) is 0 Å². The Morgan fingerprint density at radius 1 is 1.62 bits per heavy atom. The molecule has 1 aliphatic rings. The van der Waals surface area contributed by atoms with Crippen LogP contribution in [0.2, 0.25) is 0 Å². The lowest BCUT2D eigenvalue weighted by molar-refractivity contribution is 0.0418. The Labute approximate surface area is 80.7 Å².